The molecule has 14 heavy (non-hydrogen) atoms. The van der Waals surface area contributed by atoms with Gasteiger partial charge in [-0.15, -0.1) is 11.3 Å². The maximum atomic E-state index is 9.99. The normalized spacial score (nSPS) is 16.0. The molecular formula is C12H18OS. The molecule has 1 N–H and O–H groups in total. The van der Waals surface area contributed by atoms with Crippen LogP contribution in [0.15, 0.2) is 24.3 Å². The summed E-state index contributed by atoms with van der Waals surface area (Å²) in [4.78, 5) is 2.32. The molecule has 0 aliphatic carbocycles. The van der Waals surface area contributed by atoms with Gasteiger partial charge in [0.25, 0.3) is 0 Å². The summed E-state index contributed by atoms with van der Waals surface area (Å²) in [5.74, 6) is 0.202. The summed E-state index contributed by atoms with van der Waals surface area (Å²) in [6.45, 7) is 6.21. The van der Waals surface area contributed by atoms with Gasteiger partial charge in [-0.2, -0.15) is 0 Å². The first-order chi connectivity index (χ1) is 6.65. The van der Waals surface area contributed by atoms with Gasteiger partial charge in [-0.1, -0.05) is 26.0 Å². The fourth-order valence-electron chi connectivity index (χ4n) is 1.33. The van der Waals surface area contributed by atoms with Crippen molar-refractivity contribution in [3.63, 3.8) is 0 Å². The van der Waals surface area contributed by atoms with E-state index in [-0.39, 0.29) is 12.0 Å². The van der Waals surface area contributed by atoms with Crippen LogP contribution in [0.4, 0.5) is 0 Å². The summed E-state index contributed by atoms with van der Waals surface area (Å²) in [5, 5.41) is 9.99. The molecule has 0 radical (unpaired) electrons. The molecule has 78 valence electrons. The topological polar surface area (TPSA) is 20.2 Å². The molecule has 0 aliphatic rings. The summed E-state index contributed by atoms with van der Waals surface area (Å²) in [5.41, 5.74) is 0. The Morgan fingerprint density at radius 3 is 2.71 bits per heavy atom. The maximum absolute atomic E-state index is 9.99. The van der Waals surface area contributed by atoms with Gasteiger partial charge < -0.3 is 5.11 Å². The van der Waals surface area contributed by atoms with E-state index >= 15 is 0 Å². The minimum atomic E-state index is -0.350. The summed E-state index contributed by atoms with van der Waals surface area (Å²) in [6.07, 6.45) is 4.87. The molecule has 0 aliphatic heterocycles. The number of allylic oxidation sites excluding steroid dienone is 1. The third kappa shape index (κ3) is 2.96. The van der Waals surface area contributed by atoms with Gasteiger partial charge in [0.2, 0.25) is 0 Å². The van der Waals surface area contributed by atoms with E-state index < -0.39 is 0 Å². The molecule has 0 fully saturated rings. The quantitative estimate of drug-likeness (QED) is 0.751. The Bertz CT molecular complexity index is 301. The molecule has 1 heterocycles. The van der Waals surface area contributed by atoms with Crippen LogP contribution in [-0.2, 0) is 0 Å². The Labute approximate surface area is 90.1 Å². The number of hydrogen-bond donors (Lipinski definition) is 1. The van der Waals surface area contributed by atoms with Gasteiger partial charge in [-0.3, -0.25) is 0 Å². The lowest BCUT2D eigenvalue weighted by Crippen LogP contribution is -2.04. The average Bonchev–Trinajstić information content (AvgIpc) is 2.60. The third-order valence-corrected chi connectivity index (χ3v) is 3.30. The highest BCUT2D eigenvalue weighted by Crippen LogP contribution is 2.28. The molecule has 0 saturated carbocycles. The largest absolute Gasteiger partial charge is 0.387 e. The standard InChI is InChI=1S/C12H18OS/c1-4-5-6-9(2)12(13)11-8-7-10(3)14-11/h5-9,12-13H,4H2,1-3H3/b6-5+. The van der Waals surface area contributed by atoms with Crippen LogP contribution in [0.1, 0.15) is 36.1 Å². The van der Waals surface area contributed by atoms with Crippen LogP contribution < -0.4 is 0 Å². The molecular weight excluding hydrogens is 192 g/mol. The lowest BCUT2D eigenvalue weighted by Gasteiger charge is -2.13. The summed E-state index contributed by atoms with van der Waals surface area (Å²) in [6, 6.07) is 4.07. The minimum absolute atomic E-state index is 0.202. The van der Waals surface area contributed by atoms with Crippen LogP contribution in [-0.4, -0.2) is 5.11 Å². The zero-order chi connectivity index (χ0) is 10.6. The molecule has 1 aromatic rings. The summed E-state index contributed by atoms with van der Waals surface area (Å²) < 4.78 is 0. The van der Waals surface area contributed by atoms with Crippen LogP contribution in [0.5, 0.6) is 0 Å². The van der Waals surface area contributed by atoms with Crippen LogP contribution in [0.3, 0.4) is 0 Å². The highest BCUT2D eigenvalue weighted by molar-refractivity contribution is 7.12. The predicted octanol–water partition coefficient (Wildman–Crippen LogP) is 3.69. The van der Waals surface area contributed by atoms with Crippen LogP contribution >= 0.6 is 11.3 Å². The fraction of sp³-hybridized carbons (Fsp3) is 0.500. The fourth-order valence-corrected chi connectivity index (χ4v) is 2.31. The van der Waals surface area contributed by atoms with E-state index in [1.54, 1.807) is 11.3 Å². The number of aryl methyl sites for hydroxylation is 1. The van der Waals surface area contributed by atoms with Gasteiger partial charge in [0.1, 0.15) is 0 Å². The predicted molar refractivity (Wildman–Crippen MR) is 62.6 cm³/mol. The van der Waals surface area contributed by atoms with Gasteiger partial charge in [0.05, 0.1) is 6.10 Å². The van der Waals surface area contributed by atoms with E-state index in [1.165, 1.54) is 4.88 Å². The Morgan fingerprint density at radius 1 is 1.50 bits per heavy atom. The lowest BCUT2D eigenvalue weighted by molar-refractivity contribution is 0.143. The molecule has 2 unspecified atom stereocenters. The number of rotatable bonds is 4. The molecule has 0 saturated heterocycles. The van der Waals surface area contributed by atoms with Gasteiger partial charge in [-0.25, -0.2) is 0 Å². The first kappa shape index (κ1) is 11.5. The van der Waals surface area contributed by atoms with E-state index in [4.69, 9.17) is 0 Å². The van der Waals surface area contributed by atoms with E-state index in [1.807, 2.05) is 13.0 Å². The summed E-state index contributed by atoms with van der Waals surface area (Å²) >= 11 is 1.67. The number of aliphatic hydroxyl groups excluding tert-OH is 1. The zero-order valence-electron chi connectivity index (χ0n) is 9.03. The van der Waals surface area contributed by atoms with Gasteiger partial charge >= 0.3 is 0 Å². The van der Waals surface area contributed by atoms with Gasteiger partial charge in [0, 0.05) is 15.7 Å². The van der Waals surface area contributed by atoms with Crippen molar-refractivity contribution in [3.05, 3.63) is 34.0 Å². The van der Waals surface area contributed by atoms with E-state index in [2.05, 4.69) is 32.1 Å². The molecule has 0 bridgehead atoms. The van der Waals surface area contributed by atoms with Crippen molar-refractivity contribution in [1.82, 2.24) is 0 Å². The number of thiophene rings is 1. The Kier molecular flexibility index (Phi) is 4.36. The van der Waals surface area contributed by atoms with E-state index in [0.717, 1.165) is 11.3 Å². The minimum Gasteiger partial charge on any atom is -0.387 e. The molecule has 0 spiro atoms. The molecule has 2 heteroatoms. The Balaban J connectivity index is 2.65. The SMILES string of the molecule is CC/C=C/C(C)C(O)c1ccc(C)s1. The second kappa shape index (κ2) is 5.32. The monoisotopic (exact) mass is 210 g/mol. The van der Waals surface area contributed by atoms with E-state index in [0.29, 0.717) is 0 Å². The van der Waals surface area contributed by atoms with Crippen molar-refractivity contribution in [3.8, 4) is 0 Å². The van der Waals surface area contributed by atoms with Crippen molar-refractivity contribution < 1.29 is 5.11 Å². The molecule has 1 nitrogen and oxygen atoms in total. The van der Waals surface area contributed by atoms with E-state index in [9.17, 15) is 5.11 Å². The van der Waals surface area contributed by atoms with Crippen LogP contribution in [0.2, 0.25) is 0 Å². The summed E-state index contributed by atoms with van der Waals surface area (Å²) in [7, 11) is 0. The third-order valence-electron chi connectivity index (χ3n) is 2.23. The molecule has 2 atom stereocenters. The highest BCUT2D eigenvalue weighted by Gasteiger charge is 2.14. The Morgan fingerprint density at radius 2 is 2.21 bits per heavy atom. The van der Waals surface area contributed by atoms with Crippen LogP contribution in [0.25, 0.3) is 0 Å². The average molecular weight is 210 g/mol. The lowest BCUT2D eigenvalue weighted by atomic mass is 10.0. The van der Waals surface area contributed by atoms with Crippen molar-refractivity contribution in [2.75, 3.05) is 0 Å². The van der Waals surface area contributed by atoms with Crippen LogP contribution in [0, 0.1) is 12.8 Å². The highest BCUT2D eigenvalue weighted by atomic mass is 32.1. The number of hydrogen-bond acceptors (Lipinski definition) is 2. The van der Waals surface area contributed by atoms with Crippen molar-refractivity contribution in [2.45, 2.75) is 33.3 Å². The first-order valence-corrected chi connectivity index (χ1v) is 5.88. The second-order valence-electron chi connectivity index (χ2n) is 3.59. The molecule has 0 amide bonds. The van der Waals surface area contributed by atoms with Crippen molar-refractivity contribution in [1.29, 1.82) is 0 Å². The second-order valence-corrected chi connectivity index (χ2v) is 4.91. The molecule has 0 aromatic carbocycles. The first-order valence-electron chi connectivity index (χ1n) is 5.06. The van der Waals surface area contributed by atoms with Gasteiger partial charge in [0.15, 0.2) is 0 Å². The van der Waals surface area contributed by atoms with Gasteiger partial charge in [-0.05, 0) is 25.5 Å². The number of aliphatic hydroxyl groups is 1. The smallest absolute Gasteiger partial charge is 0.0941 e. The molecule has 1 rings (SSSR count). The van der Waals surface area contributed by atoms with Crippen molar-refractivity contribution >= 4 is 11.3 Å². The molecule has 1 aromatic heterocycles. The van der Waals surface area contributed by atoms with Crippen molar-refractivity contribution in [2.24, 2.45) is 5.92 Å². The maximum Gasteiger partial charge on any atom is 0.0941 e. The zero-order valence-corrected chi connectivity index (χ0v) is 9.84. The Hall–Kier alpha value is -0.600.